The summed E-state index contributed by atoms with van der Waals surface area (Å²) in [6.45, 7) is -5.74. The summed E-state index contributed by atoms with van der Waals surface area (Å²) >= 11 is 7.25. The molecule has 0 aromatic heterocycles. The average molecular weight is 409 g/mol. The number of hydrogen-bond acceptors (Lipinski definition) is 3. The van der Waals surface area contributed by atoms with Crippen LogP contribution in [0, 0.1) is 0 Å². The molecule has 3 amide bonds. The van der Waals surface area contributed by atoms with Gasteiger partial charge >= 0.3 is 0 Å². The molecule has 0 spiro atoms. The Morgan fingerprint density at radius 1 is 1.37 bits per heavy atom. The number of carbonyl (C=O) groups excluding carboxylic acids is 3. The molecule has 0 radical (unpaired) electrons. The Labute approximate surface area is 138 Å². The van der Waals surface area contributed by atoms with Gasteiger partial charge in [0.05, 0.1) is 4.43 Å². The minimum atomic E-state index is -3.06. The van der Waals surface area contributed by atoms with Crippen molar-refractivity contribution in [3.63, 3.8) is 0 Å². The lowest BCUT2D eigenvalue weighted by Gasteiger charge is -2.17. The lowest BCUT2D eigenvalue weighted by molar-refractivity contribution is -0.128. The van der Waals surface area contributed by atoms with Crippen molar-refractivity contribution in [1.82, 2.24) is 16.0 Å². The Balaban J connectivity index is 4.78. The zero-order chi connectivity index (χ0) is 19.0. The van der Waals surface area contributed by atoms with Crippen LogP contribution in [0.5, 0.6) is 0 Å². The van der Waals surface area contributed by atoms with Gasteiger partial charge in [-0.05, 0) is 19.7 Å². The fraction of sp³-hybridized carbons (Fsp3) is 0.727. The van der Waals surface area contributed by atoms with Gasteiger partial charge in [0.2, 0.25) is 17.7 Å². The van der Waals surface area contributed by atoms with E-state index in [0.29, 0.717) is 6.42 Å². The second kappa shape index (κ2) is 11.3. The molecule has 0 aromatic carbocycles. The number of amides is 3. The molecular weight excluding hydrogens is 384 g/mol. The van der Waals surface area contributed by atoms with Gasteiger partial charge in [0, 0.05) is 19.9 Å². The molecule has 0 heterocycles. The monoisotopic (exact) mass is 408 g/mol. The van der Waals surface area contributed by atoms with Crippen LogP contribution in [0.25, 0.3) is 0 Å². The summed E-state index contributed by atoms with van der Waals surface area (Å²) < 4.78 is 36.3. The third-order valence-electron chi connectivity index (χ3n) is 2.07. The largest absolute Gasteiger partial charge is 0.355 e. The topological polar surface area (TPSA) is 87.3 Å². The summed E-state index contributed by atoms with van der Waals surface area (Å²) in [4.78, 5) is 34.6. The molecular formula is C11H19ClIN3O3. The Kier molecular flexibility index (Phi) is 6.60. The average Bonchev–Trinajstić information content (AvgIpc) is 2.47. The maximum Gasteiger partial charge on any atom is 0.242 e. The number of carbonyl (C=O) groups is 3. The van der Waals surface area contributed by atoms with Crippen molar-refractivity contribution in [1.29, 1.82) is 0 Å². The third kappa shape index (κ3) is 9.04. The van der Waals surface area contributed by atoms with E-state index in [9.17, 15) is 14.4 Å². The van der Waals surface area contributed by atoms with Crippen LogP contribution in [0.1, 0.15) is 26.5 Å². The van der Waals surface area contributed by atoms with Crippen LogP contribution in [-0.4, -0.2) is 47.1 Å². The summed E-state index contributed by atoms with van der Waals surface area (Å²) in [5, 5.41) is 6.65. The van der Waals surface area contributed by atoms with Crippen molar-refractivity contribution in [3.8, 4) is 0 Å². The minimum absolute atomic E-state index is 0.0765. The first-order chi connectivity index (χ1) is 10.9. The lowest BCUT2D eigenvalue weighted by Crippen LogP contribution is -2.47. The maximum absolute atomic E-state index is 12.1. The number of halogens is 2. The highest BCUT2D eigenvalue weighted by Crippen LogP contribution is 1.98. The second-order valence-corrected chi connectivity index (χ2v) is 4.52. The van der Waals surface area contributed by atoms with Crippen LogP contribution >= 0.6 is 34.2 Å². The highest BCUT2D eigenvalue weighted by atomic mass is 127. The number of alkyl halides is 2. The van der Waals surface area contributed by atoms with Crippen molar-refractivity contribution in [2.45, 2.75) is 25.7 Å². The summed E-state index contributed by atoms with van der Waals surface area (Å²) in [5.41, 5.74) is 0. The highest BCUT2D eigenvalue weighted by molar-refractivity contribution is 14.1. The van der Waals surface area contributed by atoms with Crippen LogP contribution in [0.3, 0.4) is 0 Å². The zero-order valence-corrected chi connectivity index (χ0v) is 13.0. The normalized spacial score (nSPS) is 16.8. The summed E-state index contributed by atoms with van der Waals surface area (Å²) in [7, 11) is 0. The van der Waals surface area contributed by atoms with Gasteiger partial charge in [-0.1, -0.05) is 22.6 Å². The molecule has 0 saturated heterocycles. The maximum atomic E-state index is 12.1. The molecule has 1 atom stereocenters. The Hall–Kier alpha value is -0.570. The molecule has 19 heavy (non-hydrogen) atoms. The van der Waals surface area contributed by atoms with Gasteiger partial charge in [-0.3, -0.25) is 14.4 Å². The van der Waals surface area contributed by atoms with Gasteiger partial charge in [0.25, 0.3) is 0 Å². The van der Waals surface area contributed by atoms with E-state index in [-0.39, 0.29) is 23.3 Å². The molecule has 0 aromatic rings. The highest BCUT2D eigenvalue weighted by Gasteiger charge is 2.19. The number of likely N-dealkylation sites (N-methyl/N-ethyl adjacent to an activating group) is 1. The molecule has 0 rings (SSSR count). The van der Waals surface area contributed by atoms with E-state index in [4.69, 9.17) is 18.5 Å². The van der Waals surface area contributed by atoms with E-state index in [1.54, 1.807) is 5.32 Å². The van der Waals surface area contributed by atoms with Crippen molar-refractivity contribution < 1.29 is 21.2 Å². The lowest BCUT2D eigenvalue weighted by atomic mass is 10.1. The molecule has 0 aliphatic heterocycles. The van der Waals surface area contributed by atoms with Crippen molar-refractivity contribution in [2.75, 3.05) is 23.3 Å². The Bertz CT molecular complexity index is 465. The molecule has 6 nitrogen and oxygen atoms in total. The van der Waals surface area contributed by atoms with Crippen LogP contribution < -0.4 is 16.0 Å². The second-order valence-electron chi connectivity index (χ2n) is 3.49. The SMILES string of the molecule is [2H]C([2H])([2H])C([2H])([2H])NC(=O)C(CCCNC(=O)CI)NC(=O)CCl. The van der Waals surface area contributed by atoms with E-state index in [1.807, 2.05) is 22.6 Å². The first kappa shape index (κ1) is 11.1. The van der Waals surface area contributed by atoms with Gasteiger partial charge in [-0.2, -0.15) is 0 Å². The van der Waals surface area contributed by atoms with E-state index in [0.717, 1.165) is 0 Å². The van der Waals surface area contributed by atoms with Gasteiger partial charge in [0.15, 0.2) is 0 Å². The van der Waals surface area contributed by atoms with Crippen LogP contribution in [0.15, 0.2) is 0 Å². The molecule has 0 aliphatic rings. The van der Waals surface area contributed by atoms with Crippen LogP contribution in [-0.2, 0) is 14.4 Å². The molecule has 0 bridgehead atoms. The van der Waals surface area contributed by atoms with Crippen LogP contribution in [0.2, 0.25) is 0 Å². The Morgan fingerprint density at radius 3 is 2.68 bits per heavy atom. The quantitative estimate of drug-likeness (QED) is 0.289. The van der Waals surface area contributed by atoms with Crippen molar-refractivity contribution >= 4 is 51.9 Å². The standard InChI is InChI=1S/C11H19ClIN3O3/c1-2-14-11(19)8(16-9(17)6-12)4-3-5-15-10(18)7-13/h8H,2-7H2,1H3,(H,14,19)(H,15,18)(H,16,17)/i1D3,2D2. The number of rotatable bonds is 9. The zero-order valence-electron chi connectivity index (χ0n) is 15.1. The summed E-state index contributed by atoms with van der Waals surface area (Å²) in [5.74, 6) is -2.21. The summed E-state index contributed by atoms with van der Waals surface area (Å²) in [6, 6.07) is -1.16. The predicted molar refractivity (Wildman–Crippen MR) is 82.5 cm³/mol. The van der Waals surface area contributed by atoms with Crippen molar-refractivity contribution in [3.05, 3.63) is 0 Å². The fourth-order valence-electron chi connectivity index (χ4n) is 1.23. The van der Waals surface area contributed by atoms with Crippen molar-refractivity contribution in [2.24, 2.45) is 0 Å². The molecule has 0 aliphatic carbocycles. The molecule has 110 valence electrons. The smallest absolute Gasteiger partial charge is 0.242 e. The van der Waals surface area contributed by atoms with Gasteiger partial charge in [-0.15, -0.1) is 11.6 Å². The van der Waals surface area contributed by atoms with E-state index < -0.39 is 37.1 Å². The number of nitrogens with one attached hydrogen (secondary N) is 3. The van der Waals surface area contributed by atoms with Gasteiger partial charge in [-0.25, -0.2) is 0 Å². The molecule has 1 unspecified atom stereocenters. The van der Waals surface area contributed by atoms with E-state index >= 15 is 0 Å². The Morgan fingerprint density at radius 2 is 2.11 bits per heavy atom. The molecule has 8 heteroatoms. The molecule has 3 N–H and O–H groups in total. The van der Waals surface area contributed by atoms with E-state index in [2.05, 4.69) is 10.6 Å². The first-order valence-corrected chi connectivity index (χ1v) is 7.50. The summed E-state index contributed by atoms with van der Waals surface area (Å²) in [6.07, 6.45) is 0.396. The van der Waals surface area contributed by atoms with Gasteiger partial charge in [0.1, 0.15) is 11.9 Å². The minimum Gasteiger partial charge on any atom is -0.355 e. The van der Waals surface area contributed by atoms with E-state index in [1.165, 1.54) is 0 Å². The third-order valence-corrected chi connectivity index (χ3v) is 3.01. The fourth-order valence-corrected chi connectivity index (χ4v) is 1.58. The molecule has 0 fully saturated rings. The molecule has 0 saturated carbocycles. The predicted octanol–water partition coefficient (Wildman–Crippen LogP) is 0.177. The van der Waals surface area contributed by atoms with Gasteiger partial charge < -0.3 is 16.0 Å². The number of hydrogen-bond donors (Lipinski definition) is 3. The first-order valence-electron chi connectivity index (χ1n) is 7.94. The van der Waals surface area contributed by atoms with Crippen LogP contribution in [0.4, 0.5) is 0 Å².